The van der Waals surface area contributed by atoms with E-state index in [9.17, 15) is 18.3 Å². The lowest BCUT2D eigenvalue weighted by Crippen LogP contribution is -2.58. The molecule has 2 aromatic heterocycles. The van der Waals surface area contributed by atoms with Gasteiger partial charge in [-0.2, -0.15) is 0 Å². The number of benzene rings is 1. The highest BCUT2D eigenvalue weighted by molar-refractivity contribution is 7.89. The second-order valence-corrected chi connectivity index (χ2v) is 12.0. The van der Waals surface area contributed by atoms with Crippen LogP contribution in [0.15, 0.2) is 23.1 Å². The van der Waals surface area contributed by atoms with Gasteiger partial charge in [0.05, 0.1) is 30.7 Å². The predicted molar refractivity (Wildman–Crippen MR) is 129 cm³/mol. The Morgan fingerprint density at radius 1 is 1.23 bits per heavy atom. The summed E-state index contributed by atoms with van der Waals surface area (Å²) in [5, 5.41) is 15.1. The maximum atomic E-state index is 13.6. The fourth-order valence-electron chi connectivity index (χ4n) is 5.15. The lowest BCUT2D eigenvalue weighted by atomic mass is 9.64. The number of ether oxygens (including phenoxy) is 2. The van der Waals surface area contributed by atoms with Crippen LogP contribution in [0.2, 0.25) is 0 Å². The molecule has 0 atom stereocenters. The highest BCUT2D eigenvalue weighted by Gasteiger charge is 2.49. The number of imidazole rings is 1. The minimum Gasteiger partial charge on any atom is -0.495 e. The molecule has 3 fully saturated rings. The van der Waals surface area contributed by atoms with Crippen LogP contribution in [0.5, 0.6) is 5.75 Å². The Balaban J connectivity index is 1.54. The van der Waals surface area contributed by atoms with Crippen LogP contribution < -0.4 is 9.46 Å². The van der Waals surface area contributed by atoms with Crippen molar-refractivity contribution in [3.05, 3.63) is 28.9 Å². The molecule has 188 valence electrons. The maximum Gasteiger partial charge on any atom is 0.369 e. The van der Waals surface area contributed by atoms with E-state index in [0.717, 1.165) is 11.3 Å². The minimum absolute atomic E-state index is 0.0217. The molecule has 6 rings (SSSR count). The Morgan fingerprint density at radius 3 is 2.54 bits per heavy atom. The van der Waals surface area contributed by atoms with E-state index in [1.54, 1.807) is 29.6 Å². The summed E-state index contributed by atoms with van der Waals surface area (Å²) in [4.78, 5) is 17.2. The van der Waals surface area contributed by atoms with Gasteiger partial charge < -0.3 is 14.6 Å². The number of nitrogens with one attached hydrogen (secondary N) is 1. The summed E-state index contributed by atoms with van der Waals surface area (Å²) < 4.78 is 42.2. The molecule has 3 aliphatic rings. The standard InChI is InChI=1S/C23H28N4O6S2/c1-4-33-20(28)19-25-27-18(14(2)24-21(27)34-19)15-5-6-16(32-3)17(13-15)35(30,31)26-22-7-10-23(29,11-8-22)12-9-22/h5-6,13,26,29H,4,7-12H2,1-3H3. The van der Waals surface area contributed by atoms with Crippen LogP contribution >= 0.6 is 11.3 Å². The van der Waals surface area contributed by atoms with E-state index in [1.165, 1.54) is 7.11 Å². The van der Waals surface area contributed by atoms with Crippen LogP contribution in [0, 0.1) is 6.92 Å². The lowest BCUT2D eigenvalue weighted by Gasteiger charge is -2.50. The first-order chi connectivity index (χ1) is 16.6. The molecule has 0 amide bonds. The topological polar surface area (TPSA) is 132 Å². The van der Waals surface area contributed by atoms with Crippen molar-refractivity contribution in [1.82, 2.24) is 19.3 Å². The quantitative estimate of drug-likeness (QED) is 0.454. The first-order valence-electron chi connectivity index (χ1n) is 11.6. The van der Waals surface area contributed by atoms with Gasteiger partial charge in [0.25, 0.3) is 0 Å². The fraction of sp³-hybridized carbons (Fsp3) is 0.522. The first-order valence-corrected chi connectivity index (χ1v) is 13.9. The molecule has 0 aliphatic heterocycles. The molecular weight excluding hydrogens is 492 g/mol. The highest BCUT2D eigenvalue weighted by atomic mass is 32.2. The number of aliphatic hydroxyl groups is 1. The van der Waals surface area contributed by atoms with Gasteiger partial charge in [-0.3, -0.25) is 0 Å². The average molecular weight is 521 g/mol. The van der Waals surface area contributed by atoms with Gasteiger partial charge in [-0.15, -0.1) is 5.10 Å². The van der Waals surface area contributed by atoms with Gasteiger partial charge in [0, 0.05) is 11.1 Å². The summed E-state index contributed by atoms with van der Waals surface area (Å²) in [6.45, 7) is 3.77. The molecule has 2 N–H and O–H groups in total. The Labute approximate surface area is 207 Å². The molecule has 10 nitrogen and oxygen atoms in total. The number of aromatic nitrogens is 3. The Morgan fingerprint density at radius 2 is 1.91 bits per heavy atom. The maximum absolute atomic E-state index is 13.6. The molecule has 35 heavy (non-hydrogen) atoms. The zero-order valence-electron chi connectivity index (χ0n) is 19.8. The lowest BCUT2D eigenvalue weighted by molar-refractivity contribution is -0.0670. The van der Waals surface area contributed by atoms with E-state index < -0.39 is 27.1 Å². The largest absolute Gasteiger partial charge is 0.495 e. The summed E-state index contributed by atoms with van der Waals surface area (Å²) in [6, 6.07) is 4.91. The third-order valence-electron chi connectivity index (χ3n) is 7.11. The first kappa shape index (κ1) is 24.2. The van der Waals surface area contributed by atoms with Crippen molar-refractivity contribution < 1.29 is 27.8 Å². The molecule has 3 aromatic rings. The average Bonchev–Trinajstić information content (AvgIpc) is 3.36. The van der Waals surface area contributed by atoms with Gasteiger partial charge in [-0.25, -0.2) is 27.4 Å². The minimum atomic E-state index is -3.94. The summed E-state index contributed by atoms with van der Waals surface area (Å²) in [5.74, 6) is -0.301. The molecule has 2 heterocycles. The number of sulfonamides is 1. The second kappa shape index (κ2) is 8.54. The number of carbonyl (C=O) groups is 1. The molecular formula is C23H28N4O6S2. The fourth-order valence-corrected chi connectivity index (χ4v) is 7.67. The molecule has 2 bridgehead atoms. The number of esters is 1. The normalized spacial score (nSPS) is 24.1. The predicted octanol–water partition coefficient (Wildman–Crippen LogP) is 3.07. The van der Waals surface area contributed by atoms with Crippen LogP contribution in [-0.4, -0.2) is 58.9 Å². The molecule has 0 spiro atoms. The Kier molecular flexibility index (Phi) is 5.90. The van der Waals surface area contributed by atoms with Crippen LogP contribution in [0.3, 0.4) is 0 Å². The van der Waals surface area contributed by atoms with Gasteiger partial charge in [0.15, 0.2) is 0 Å². The van der Waals surface area contributed by atoms with Crippen molar-refractivity contribution in [2.45, 2.75) is 68.4 Å². The number of aryl methyl sites for hydroxylation is 1. The molecule has 0 radical (unpaired) electrons. The molecule has 3 saturated carbocycles. The summed E-state index contributed by atoms with van der Waals surface area (Å²) in [7, 11) is -2.51. The van der Waals surface area contributed by atoms with Crippen LogP contribution in [0.4, 0.5) is 0 Å². The molecule has 0 saturated heterocycles. The Hall–Kier alpha value is -2.54. The van der Waals surface area contributed by atoms with E-state index in [2.05, 4.69) is 14.8 Å². The number of methoxy groups -OCH3 is 1. The van der Waals surface area contributed by atoms with E-state index >= 15 is 0 Å². The third-order valence-corrected chi connectivity index (χ3v) is 9.60. The van der Waals surface area contributed by atoms with Crippen molar-refractivity contribution in [2.75, 3.05) is 13.7 Å². The molecule has 12 heteroatoms. The van der Waals surface area contributed by atoms with Crippen molar-refractivity contribution in [3.8, 4) is 17.0 Å². The number of hydrogen-bond donors (Lipinski definition) is 2. The van der Waals surface area contributed by atoms with Crippen molar-refractivity contribution in [3.63, 3.8) is 0 Å². The SMILES string of the molecule is CCOC(=O)c1nn2c(-c3ccc(OC)c(S(=O)(=O)NC45CCC(O)(CC4)CC5)c3)c(C)nc2s1. The van der Waals surface area contributed by atoms with Crippen molar-refractivity contribution in [1.29, 1.82) is 0 Å². The highest BCUT2D eigenvalue weighted by Crippen LogP contribution is 2.47. The number of carbonyl (C=O) groups excluding carboxylic acids is 1. The van der Waals surface area contributed by atoms with Gasteiger partial charge in [-0.05, 0) is 70.6 Å². The molecule has 1 aromatic carbocycles. The number of hydrogen-bond acceptors (Lipinski definition) is 9. The second-order valence-electron chi connectivity index (χ2n) is 9.34. The van der Waals surface area contributed by atoms with Crippen molar-refractivity contribution >= 4 is 32.3 Å². The molecule has 0 unspecified atom stereocenters. The summed E-state index contributed by atoms with van der Waals surface area (Å²) >= 11 is 1.11. The molecule has 3 aliphatic carbocycles. The van der Waals surface area contributed by atoms with Crippen LogP contribution in [0.25, 0.3) is 16.2 Å². The Bertz CT molecular complexity index is 1390. The van der Waals surface area contributed by atoms with E-state index in [4.69, 9.17) is 9.47 Å². The van der Waals surface area contributed by atoms with Gasteiger partial charge in [0.2, 0.25) is 20.0 Å². The van der Waals surface area contributed by atoms with E-state index in [0.29, 0.717) is 60.4 Å². The van der Waals surface area contributed by atoms with Gasteiger partial charge in [-0.1, -0.05) is 11.3 Å². The van der Waals surface area contributed by atoms with E-state index in [-0.39, 0.29) is 22.3 Å². The zero-order chi connectivity index (χ0) is 25.0. The number of rotatable bonds is 7. The van der Waals surface area contributed by atoms with Crippen molar-refractivity contribution in [2.24, 2.45) is 0 Å². The third kappa shape index (κ3) is 4.22. The monoisotopic (exact) mass is 520 g/mol. The smallest absolute Gasteiger partial charge is 0.369 e. The van der Waals surface area contributed by atoms with Gasteiger partial charge in [0.1, 0.15) is 10.6 Å². The summed E-state index contributed by atoms with van der Waals surface area (Å²) in [5.41, 5.74) is 0.595. The van der Waals surface area contributed by atoms with Crippen LogP contribution in [0.1, 0.15) is 60.9 Å². The summed E-state index contributed by atoms with van der Waals surface area (Å²) in [6.07, 6.45) is 3.57. The number of nitrogens with zero attached hydrogens (tertiary/aromatic N) is 3. The number of fused-ring (bicyclic) bond motifs is 4. The zero-order valence-corrected chi connectivity index (χ0v) is 21.5. The van der Waals surface area contributed by atoms with Crippen LogP contribution in [-0.2, 0) is 14.8 Å². The van der Waals surface area contributed by atoms with E-state index in [1.807, 2.05) is 6.92 Å². The van der Waals surface area contributed by atoms with Gasteiger partial charge >= 0.3 is 5.97 Å².